The average Bonchev–Trinajstić information content (AvgIpc) is 2.70. The van der Waals surface area contributed by atoms with Crippen LogP contribution >= 0.6 is 0 Å². The molecule has 0 N–H and O–H groups in total. The molecule has 1 heterocycles. The van der Waals surface area contributed by atoms with Gasteiger partial charge in [0.05, 0.1) is 11.4 Å². The second kappa shape index (κ2) is 7.93. The number of hydrogen-bond donors (Lipinski definition) is 0. The van der Waals surface area contributed by atoms with Gasteiger partial charge in [-0.15, -0.1) is 5.10 Å². The predicted octanol–water partition coefficient (Wildman–Crippen LogP) is 4.18. The van der Waals surface area contributed by atoms with E-state index in [1.165, 1.54) is 0 Å². The van der Waals surface area contributed by atoms with Crippen LogP contribution in [0.25, 0.3) is 0 Å². The van der Waals surface area contributed by atoms with Crippen molar-refractivity contribution in [2.24, 2.45) is 10.2 Å². The third kappa shape index (κ3) is 4.12. The van der Waals surface area contributed by atoms with Crippen LogP contribution in [0.5, 0.6) is 0 Å². The number of nitrogens with zero attached hydrogens (tertiary/aromatic N) is 3. The molecular formula is C21H17N3O. The third-order valence-electron chi connectivity index (χ3n) is 3.63. The number of pyridine rings is 1. The van der Waals surface area contributed by atoms with Crippen LogP contribution in [0.15, 0.2) is 95.3 Å². The summed E-state index contributed by atoms with van der Waals surface area (Å²) in [5.74, 6) is -0.163. The van der Waals surface area contributed by atoms with E-state index in [9.17, 15) is 4.79 Å². The Bertz CT molecular complexity index is 902. The highest BCUT2D eigenvalue weighted by atomic mass is 16.1. The zero-order valence-corrected chi connectivity index (χ0v) is 13.8. The summed E-state index contributed by atoms with van der Waals surface area (Å²) in [4.78, 5) is 17.1. The molecule has 0 atom stereocenters. The van der Waals surface area contributed by atoms with Crippen LogP contribution in [-0.2, 0) is 0 Å². The van der Waals surface area contributed by atoms with E-state index in [1.54, 1.807) is 18.3 Å². The average molecular weight is 327 g/mol. The lowest BCUT2D eigenvalue weighted by Crippen LogP contribution is -2.16. The number of carbonyl (C=O) groups is 1. The maximum absolute atomic E-state index is 12.9. The number of carbonyl (C=O) groups excluding carboxylic acids is 1. The van der Waals surface area contributed by atoms with Crippen molar-refractivity contribution in [2.75, 3.05) is 0 Å². The summed E-state index contributed by atoms with van der Waals surface area (Å²) in [6, 6.07) is 24.0. The van der Waals surface area contributed by atoms with E-state index in [2.05, 4.69) is 15.2 Å². The largest absolute Gasteiger partial charge is 0.287 e. The first kappa shape index (κ1) is 16.5. The lowest BCUT2D eigenvalue weighted by Gasteiger charge is -2.05. The first-order valence-corrected chi connectivity index (χ1v) is 7.94. The highest BCUT2D eigenvalue weighted by Crippen LogP contribution is 2.10. The van der Waals surface area contributed by atoms with Gasteiger partial charge in [0.2, 0.25) is 5.78 Å². The van der Waals surface area contributed by atoms with E-state index in [0.29, 0.717) is 17.0 Å². The van der Waals surface area contributed by atoms with E-state index in [0.717, 1.165) is 11.3 Å². The van der Waals surface area contributed by atoms with Gasteiger partial charge in [-0.2, -0.15) is 5.10 Å². The van der Waals surface area contributed by atoms with Crippen molar-refractivity contribution < 1.29 is 4.79 Å². The Hall–Kier alpha value is -3.40. The number of ketones is 1. The van der Waals surface area contributed by atoms with Crippen molar-refractivity contribution in [3.05, 3.63) is 102 Å². The quantitative estimate of drug-likeness (QED) is 0.401. The lowest BCUT2D eigenvalue weighted by molar-refractivity contribution is 0.106. The molecule has 4 nitrogen and oxygen atoms in total. The number of Topliss-reactive ketones (excluding diaryl/α,β-unsaturated/α-hetero) is 1. The van der Waals surface area contributed by atoms with Crippen LogP contribution < -0.4 is 0 Å². The van der Waals surface area contributed by atoms with Gasteiger partial charge in [0.15, 0.2) is 0 Å². The van der Waals surface area contributed by atoms with Gasteiger partial charge in [-0.05, 0) is 19.1 Å². The van der Waals surface area contributed by atoms with Crippen molar-refractivity contribution in [3.8, 4) is 0 Å². The normalized spacial score (nSPS) is 12.0. The minimum Gasteiger partial charge on any atom is -0.287 e. The Morgan fingerprint density at radius 1 is 0.760 bits per heavy atom. The fourth-order valence-electron chi connectivity index (χ4n) is 2.31. The summed E-state index contributed by atoms with van der Waals surface area (Å²) in [7, 11) is 0. The molecule has 2 aromatic carbocycles. The molecule has 25 heavy (non-hydrogen) atoms. The molecule has 0 amide bonds. The molecule has 0 aliphatic rings. The number of rotatable bonds is 5. The second-order valence-corrected chi connectivity index (χ2v) is 5.41. The fourth-order valence-corrected chi connectivity index (χ4v) is 2.31. The van der Waals surface area contributed by atoms with Crippen molar-refractivity contribution >= 4 is 17.2 Å². The summed E-state index contributed by atoms with van der Waals surface area (Å²) in [6.45, 7) is 1.82. The summed E-state index contributed by atoms with van der Waals surface area (Å²) in [6.07, 6.45) is 1.70. The van der Waals surface area contributed by atoms with Crippen LogP contribution in [0.2, 0.25) is 0 Å². The molecule has 0 bridgehead atoms. The van der Waals surface area contributed by atoms with Crippen molar-refractivity contribution in [1.29, 1.82) is 0 Å². The molecule has 0 aliphatic heterocycles. The van der Waals surface area contributed by atoms with E-state index in [4.69, 9.17) is 0 Å². The minimum atomic E-state index is -0.163. The first-order valence-electron chi connectivity index (χ1n) is 7.94. The standard InChI is InChI=1S/C21H17N3O/c1-16(19-14-8-9-15-22-19)23-24-20(17-10-4-2-5-11-17)21(25)18-12-6-3-7-13-18/h2-15H,1H3/b23-16-,24-20+. The number of aromatic nitrogens is 1. The van der Waals surface area contributed by atoms with Gasteiger partial charge in [-0.25, -0.2) is 0 Å². The van der Waals surface area contributed by atoms with Crippen molar-refractivity contribution in [3.63, 3.8) is 0 Å². The number of benzene rings is 2. The van der Waals surface area contributed by atoms with Crippen LogP contribution in [0.3, 0.4) is 0 Å². The Morgan fingerprint density at radius 2 is 1.36 bits per heavy atom. The van der Waals surface area contributed by atoms with Gasteiger partial charge in [-0.3, -0.25) is 9.78 Å². The van der Waals surface area contributed by atoms with E-state index in [-0.39, 0.29) is 5.78 Å². The summed E-state index contributed by atoms with van der Waals surface area (Å²) in [5, 5.41) is 8.50. The van der Waals surface area contributed by atoms with Gasteiger partial charge >= 0.3 is 0 Å². The minimum absolute atomic E-state index is 0.163. The molecular weight excluding hydrogens is 310 g/mol. The maximum Gasteiger partial charge on any atom is 0.213 e. The highest BCUT2D eigenvalue weighted by Gasteiger charge is 2.16. The van der Waals surface area contributed by atoms with Crippen LogP contribution in [0.4, 0.5) is 0 Å². The molecule has 3 aromatic rings. The molecule has 0 unspecified atom stereocenters. The fraction of sp³-hybridized carbons (Fsp3) is 0.0476. The Balaban J connectivity index is 2.01. The molecule has 0 saturated carbocycles. The zero-order chi connectivity index (χ0) is 17.5. The smallest absolute Gasteiger partial charge is 0.213 e. The molecule has 3 rings (SSSR count). The molecule has 4 heteroatoms. The molecule has 0 radical (unpaired) electrons. The molecule has 0 fully saturated rings. The number of hydrogen-bond acceptors (Lipinski definition) is 4. The zero-order valence-electron chi connectivity index (χ0n) is 13.8. The third-order valence-corrected chi connectivity index (χ3v) is 3.63. The van der Waals surface area contributed by atoms with Gasteiger partial charge in [0.25, 0.3) is 0 Å². The summed E-state index contributed by atoms with van der Waals surface area (Å²) in [5.41, 5.74) is 2.99. The molecule has 0 saturated heterocycles. The predicted molar refractivity (Wildman–Crippen MR) is 100 cm³/mol. The van der Waals surface area contributed by atoms with Crippen molar-refractivity contribution in [1.82, 2.24) is 4.98 Å². The second-order valence-electron chi connectivity index (χ2n) is 5.41. The lowest BCUT2D eigenvalue weighted by atomic mass is 10.0. The van der Waals surface area contributed by atoms with Crippen LogP contribution in [0, 0.1) is 0 Å². The van der Waals surface area contributed by atoms with E-state index in [1.807, 2.05) is 73.7 Å². The Labute approximate surface area is 146 Å². The van der Waals surface area contributed by atoms with Crippen LogP contribution in [-0.4, -0.2) is 22.2 Å². The topological polar surface area (TPSA) is 54.7 Å². The molecule has 1 aromatic heterocycles. The molecule has 0 spiro atoms. The van der Waals surface area contributed by atoms with Gasteiger partial charge in [0, 0.05) is 17.3 Å². The first-order chi connectivity index (χ1) is 12.3. The SMILES string of the molecule is C/C(=N/N=C(/C(=O)c1ccccc1)c1ccccc1)c1ccccn1. The molecule has 0 aliphatic carbocycles. The van der Waals surface area contributed by atoms with Gasteiger partial charge in [0.1, 0.15) is 5.71 Å². The summed E-state index contributed by atoms with van der Waals surface area (Å²) >= 11 is 0. The van der Waals surface area contributed by atoms with E-state index >= 15 is 0 Å². The maximum atomic E-state index is 12.9. The molecule has 122 valence electrons. The van der Waals surface area contributed by atoms with E-state index < -0.39 is 0 Å². The monoisotopic (exact) mass is 327 g/mol. The van der Waals surface area contributed by atoms with Gasteiger partial charge in [-0.1, -0.05) is 66.7 Å². The van der Waals surface area contributed by atoms with Gasteiger partial charge < -0.3 is 0 Å². The van der Waals surface area contributed by atoms with Crippen molar-refractivity contribution in [2.45, 2.75) is 6.92 Å². The Morgan fingerprint density at radius 3 is 1.96 bits per heavy atom. The van der Waals surface area contributed by atoms with Crippen LogP contribution in [0.1, 0.15) is 28.5 Å². The highest BCUT2D eigenvalue weighted by molar-refractivity contribution is 6.51. The summed E-state index contributed by atoms with van der Waals surface area (Å²) < 4.78 is 0. The Kier molecular flexibility index (Phi) is 5.22.